The van der Waals surface area contributed by atoms with Crippen LogP contribution in [0.1, 0.15) is 18.5 Å². The monoisotopic (exact) mass is 233 g/mol. The van der Waals surface area contributed by atoms with Gasteiger partial charge in [0.1, 0.15) is 16.5 Å². The van der Waals surface area contributed by atoms with E-state index in [1.807, 2.05) is 0 Å². The van der Waals surface area contributed by atoms with Gasteiger partial charge in [0.05, 0.1) is 0 Å². The van der Waals surface area contributed by atoms with Crippen molar-refractivity contribution in [1.29, 1.82) is 0 Å². The van der Waals surface area contributed by atoms with Crippen LogP contribution in [0.15, 0.2) is 17.0 Å². The molecule has 1 rings (SSSR count). The third-order valence-corrected chi connectivity index (χ3v) is 3.08. The van der Waals surface area contributed by atoms with E-state index >= 15 is 0 Å². The summed E-state index contributed by atoms with van der Waals surface area (Å²) in [6.07, 6.45) is 0.871. The van der Waals surface area contributed by atoms with Crippen LogP contribution in [0.5, 0.6) is 5.75 Å². The van der Waals surface area contributed by atoms with E-state index < -0.39 is 26.6 Å². The first-order valence-corrected chi connectivity index (χ1v) is 6.10. The molecule has 0 aromatic heterocycles. The molecule has 0 heterocycles. The summed E-state index contributed by atoms with van der Waals surface area (Å²) in [7, 11) is -3.67. The molecule has 3 N–H and O–H groups in total. The number of phenolic OH excluding ortho intramolecular Hbond substituents is 1. The van der Waals surface area contributed by atoms with E-state index in [2.05, 4.69) is 0 Å². The molecule has 0 bridgehead atoms. The Morgan fingerprint density at radius 2 is 2.00 bits per heavy atom. The Hall–Kier alpha value is -1.14. The number of aromatic hydroxyl groups is 1. The minimum atomic E-state index is -3.67. The maximum absolute atomic E-state index is 13.3. The molecule has 0 amide bonds. The largest absolute Gasteiger partial charge is 0.508 e. The Morgan fingerprint density at radius 3 is 2.40 bits per heavy atom. The SMILES string of the molecule is CC(N)c1cc(F)c(S(C)(=O)=O)cc1O. The van der Waals surface area contributed by atoms with Gasteiger partial charge in [-0.25, -0.2) is 12.8 Å². The van der Waals surface area contributed by atoms with Gasteiger partial charge in [-0.15, -0.1) is 0 Å². The Labute approximate surface area is 87.5 Å². The molecule has 0 aliphatic rings. The topological polar surface area (TPSA) is 80.4 Å². The van der Waals surface area contributed by atoms with Gasteiger partial charge in [0.25, 0.3) is 0 Å². The lowest BCUT2D eigenvalue weighted by molar-refractivity contribution is 0.456. The molecule has 1 aromatic carbocycles. The summed E-state index contributed by atoms with van der Waals surface area (Å²) < 4.78 is 35.6. The molecule has 0 radical (unpaired) electrons. The van der Waals surface area contributed by atoms with Crippen molar-refractivity contribution in [3.63, 3.8) is 0 Å². The highest BCUT2D eigenvalue weighted by Gasteiger charge is 2.18. The van der Waals surface area contributed by atoms with Crippen LogP contribution in [0.2, 0.25) is 0 Å². The summed E-state index contributed by atoms with van der Waals surface area (Å²) in [5, 5.41) is 9.44. The first-order valence-electron chi connectivity index (χ1n) is 4.21. The summed E-state index contributed by atoms with van der Waals surface area (Å²) in [6, 6.07) is 1.26. The van der Waals surface area contributed by atoms with Crippen molar-refractivity contribution in [2.45, 2.75) is 17.9 Å². The van der Waals surface area contributed by atoms with Crippen LogP contribution in [0.25, 0.3) is 0 Å². The average molecular weight is 233 g/mol. The van der Waals surface area contributed by atoms with Crippen LogP contribution < -0.4 is 5.73 Å². The number of rotatable bonds is 2. The van der Waals surface area contributed by atoms with Crippen LogP contribution in [0, 0.1) is 5.82 Å². The minimum Gasteiger partial charge on any atom is -0.508 e. The van der Waals surface area contributed by atoms with Crippen molar-refractivity contribution >= 4 is 9.84 Å². The van der Waals surface area contributed by atoms with Crippen LogP contribution in [-0.4, -0.2) is 19.8 Å². The number of hydrogen-bond acceptors (Lipinski definition) is 4. The van der Waals surface area contributed by atoms with Crippen molar-refractivity contribution in [2.75, 3.05) is 6.26 Å². The number of halogens is 1. The van der Waals surface area contributed by atoms with Crippen molar-refractivity contribution in [2.24, 2.45) is 5.73 Å². The van der Waals surface area contributed by atoms with Crippen LogP contribution in [-0.2, 0) is 9.84 Å². The van der Waals surface area contributed by atoms with E-state index in [0.717, 1.165) is 18.4 Å². The van der Waals surface area contributed by atoms with E-state index in [1.54, 1.807) is 6.92 Å². The number of phenols is 1. The second kappa shape index (κ2) is 3.79. The first-order chi connectivity index (χ1) is 6.73. The summed E-state index contributed by atoms with van der Waals surface area (Å²) in [5.74, 6) is -1.21. The predicted molar refractivity (Wildman–Crippen MR) is 53.8 cm³/mol. The molecule has 6 heteroatoms. The standard InChI is InChI=1S/C9H12FNO3S/c1-5(11)6-3-7(10)9(4-8(6)12)15(2,13)14/h3-5,12H,11H2,1-2H3. The average Bonchev–Trinajstić information content (AvgIpc) is 2.06. The van der Waals surface area contributed by atoms with E-state index in [4.69, 9.17) is 5.73 Å². The maximum atomic E-state index is 13.3. The number of nitrogens with two attached hydrogens (primary N) is 1. The number of benzene rings is 1. The number of hydrogen-bond donors (Lipinski definition) is 2. The zero-order valence-electron chi connectivity index (χ0n) is 8.36. The Morgan fingerprint density at radius 1 is 1.47 bits per heavy atom. The van der Waals surface area contributed by atoms with Crippen molar-refractivity contribution in [3.05, 3.63) is 23.5 Å². The molecule has 84 valence electrons. The molecule has 4 nitrogen and oxygen atoms in total. The highest BCUT2D eigenvalue weighted by molar-refractivity contribution is 7.90. The molecular formula is C9H12FNO3S. The lowest BCUT2D eigenvalue weighted by atomic mass is 10.1. The van der Waals surface area contributed by atoms with Gasteiger partial charge in [-0.3, -0.25) is 0 Å². The highest BCUT2D eigenvalue weighted by Crippen LogP contribution is 2.28. The van der Waals surface area contributed by atoms with Crippen LogP contribution >= 0.6 is 0 Å². The summed E-state index contributed by atoms with van der Waals surface area (Å²) in [5.41, 5.74) is 5.65. The third kappa shape index (κ3) is 2.45. The molecule has 15 heavy (non-hydrogen) atoms. The Balaban J connectivity index is 3.46. The summed E-state index contributed by atoms with van der Waals surface area (Å²) >= 11 is 0. The van der Waals surface area contributed by atoms with Crippen LogP contribution in [0.4, 0.5) is 4.39 Å². The van der Waals surface area contributed by atoms with E-state index in [0.29, 0.717) is 0 Å². The fraction of sp³-hybridized carbons (Fsp3) is 0.333. The lowest BCUT2D eigenvalue weighted by Crippen LogP contribution is -2.08. The minimum absolute atomic E-state index is 0.180. The van der Waals surface area contributed by atoms with Gasteiger partial charge < -0.3 is 10.8 Å². The van der Waals surface area contributed by atoms with Crippen molar-refractivity contribution in [3.8, 4) is 5.75 Å². The Bertz CT molecular complexity index is 482. The molecule has 0 spiro atoms. The second-order valence-corrected chi connectivity index (χ2v) is 5.39. The van der Waals surface area contributed by atoms with Gasteiger partial charge in [0, 0.05) is 23.9 Å². The fourth-order valence-corrected chi connectivity index (χ4v) is 1.95. The van der Waals surface area contributed by atoms with Crippen molar-refractivity contribution < 1.29 is 17.9 Å². The normalized spacial score (nSPS) is 13.9. The maximum Gasteiger partial charge on any atom is 0.178 e. The van der Waals surface area contributed by atoms with Gasteiger partial charge in [0.15, 0.2) is 9.84 Å². The summed E-state index contributed by atoms with van der Waals surface area (Å²) in [4.78, 5) is -0.524. The fourth-order valence-electron chi connectivity index (χ4n) is 1.21. The van der Waals surface area contributed by atoms with E-state index in [9.17, 15) is 17.9 Å². The van der Waals surface area contributed by atoms with Gasteiger partial charge in [-0.1, -0.05) is 0 Å². The van der Waals surface area contributed by atoms with Crippen LogP contribution in [0.3, 0.4) is 0 Å². The quantitative estimate of drug-likeness (QED) is 0.797. The predicted octanol–water partition coefficient (Wildman–Crippen LogP) is 0.955. The highest BCUT2D eigenvalue weighted by atomic mass is 32.2. The second-order valence-electron chi connectivity index (χ2n) is 3.40. The number of sulfone groups is 1. The van der Waals surface area contributed by atoms with Crippen molar-refractivity contribution in [1.82, 2.24) is 0 Å². The third-order valence-electron chi connectivity index (χ3n) is 1.97. The molecule has 0 saturated carbocycles. The molecule has 1 unspecified atom stereocenters. The van der Waals surface area contributed by atoms with E-state index in [1.165, 1.54) is 0 Å². The summed E-state index contributed by atoms with van der Waals surface area (Å²) in [6.45, 7) is 1.56. The molecule has 0 aliphatic heterocycles. The molecule has 0 fully saturated rings. The molecule has 0 saturated heterocycles. The smallest absolute Gasteiger partial charge is 0.178 e. The zero-order chi connectivity index (χ0) is 11.8. The Kier molecular flexibility index (Phi) is 3.01. The molecule has 1 atom stereocenters. The van der Waals surface area contributed by atoms with Gasteiger partial charge in [0.2, 0.25) is 0 Å². The molecule has 0 aliphatic carbocycles. The van der Waals surface area contributed by atoms with Gasteiger partial charge >= 0.3 is 0 Å². The first kappa shape index (κ1) is 11.9. The molecular weight excluding hydrogens is 221 g/mol. The van der Waals surface area contributed by atoms with Gasteiger partial charge in [-0.2, -0.15) is 0 Å². The lowest BCUT2D eigenvalue weighted by Gasteiger charge is -2.10. The van der Waals surface area contributed by atoms with E-state index in [-0.39, 0.29) is 11.3 Å². The van der Waals surface area contributed by atoms with Gasteiger partial charge in [-0.05, 0) is 13.0 Å². The zero-order valence-corrected chi connectivity index (χ0v) is 9.18. The molecule has 1 aromatic rings.